The minimum Gasteiger partial charge on any atom is -0.379 e. The van der Waals surface area contributed by atoms with Crippen molar-refractivity contribution in [1.29, 1.82) is 0 Å². The maximum atomic E-state index is 12.9. The molecule has 140 valence electrons. The van der Waals surface area contributed by atoms with E-state index in [2.05, 4.69) is 22.3 Å². The molecule has 1 fully saturated rings. The number of thiophene rings is 1. The molecule has 0 spiro atoms. The van der Waals surface area contributed by atoms with E-state index in [1.165, 1.54) is 16.9 Å². The number of hydrogen-bond acceptors (Lipinski definition) is 4. The lowest BCUT2D eigenvalue weighted by molar-refractivity contribution is 0.0162. The zero-order valence-electron chi connectivity index (χ0n) is 15.1. The van der Waals surface area contributed by atoms with E-state index in [1.54, 1.807) is 0 Å². The van der Waals surface area contributed by atoms with Crippen molar-refractivity contribution >= 4 is 17.2 Å². The van der Waals surface area contributed by atoms with Gasteiger partial charge in [0.1, 0.15) is 4.88 Å². The number of amides is 1. The molecule has 1 amide bonds. The number of ether oxygens (including phenoxy) is 1. The Hall–Kier alpha value is -2.41. The summed E-state index contributed by atoms with van der Waals surface area (Å²) in [5, 5.41) is 5.12. The van der Waals surface area contributed by atoms with Gasteiger partial charge in [-0.05, 0) is 29.1 Å². The molecule has 0 aliphatic carbocycles. The number of morpholine rings is 1. The molecule has 0 radical (unpaired) electrons. The third kappa shape index (κ3) is 4.13. The molecule has 2 aromatic heterocycles. The largest absolute Gasteiger partial charge is 0.379 e. The molecule has 1 saturated heterocycles. The summed E-state index contributed by atoms with van der Waals surface area (Å²) in [7, 11) is 0. The average molecular weight is 382 g/mol. The van der Waals surface area contributed by atoms with Crippen LogP contribution in [-0.2, 0) is 4.74 Å². The van der Waals surface area contributed by atoms with Gasteiger partial charge in [0.15, 0.2) is 0 Å². The molecule has 0 saturated carbocycles. The van der Waals surface area contributed by atoms with E-state index >= 15 is 0 Å². The summed E-state index contributed by atoms with van der Waals surface area (Å²) in [5.74, 6) is -0.0251. The van der Waals surface area contributed by atoms with Crippen molar-refractivity contribution in [3.8, 4) is 5.69 Å². The van der Waals surface area contributed by atoms with Crippen molar-refractivity contribution in [3.05, 3.63) is 76.7 Å². The second-order valence-corrected chi connectivity index (χ2v) is 7.43. The van der Waals surface area contributed by atoms with Gasteiger partial charge in [-0.2, -0.15) is 0 Å². The van der Waals surface area contributed by atoms with Gasteiger partial charge < -0.3 is 14.6 Å². The number of carbonyl (C=O) groups is 1. The molecule has 27 heavy (non-hydrogen) atoms. The number of benzene rings is 1. The fourth-order valence-electron chi connectivity index (χ4n) is 3.46. The predicted molar refractivity (Wildman–Crippen MR) is 108 cm³/mol. The lowest BCUT2D eigenvalue weighted by Gasteiger charge is -2.34. The summed E-state index contributed by atoms with van der Waals surface area (Å²) in [6.07, 6.45) is 3.92. The van der Waals surface area contributed by atoms with E-state index in [4.69, 9.17) is 4.74 Å². The minimum absolute atomic E-state index is 0.0251. The van der Waals surface area contributed by atoms with Crippen LogP contribution in [0.1, 0.15) is 21.3 Å². The lowest BCUT2D eigenvalue weighted by Crippen LogP contribution is -2.43. The van der Waals surface area contributed by atoms with Gasteiger partial charge >= 0.3 is 0 Å². The Morgan fingerprint density at radius 2 is 1.81 bits per heavy atom. The predicted octanol–water partition coefficient (Wildman–Crippen LogP) is 3.34. The normalized spacial score (nSPS) is 16.1. The molecular weight excluding hydrogens is 358 g/mol. The number of nitrogens with zero attached hydrogens (tertiary/aromatic N) is 2. The Morgan fingerprint density at radius 1 is 1.07 bits per heavy atom. The third-order valence-corrected chi connectivity index (χ3v) is 5.76. The first-order valence-corrected chi connectivity index (χ1v) is 10.1. The average Bonchev–Trinajstić information content (AvgIpc) is 3.41. The second kappa shape index (κ2) is 8.52. The van der Waals surface area contributed by atoms with E-state index in [0.29, 0.717) is 6.54 Å². The van der Waals surface area contributed by atoms with Gasteiger partial charge in [-0.15, -0.1) is 11.3 Å². The Labute approximate surface area is 163 Å². The molecule has 0 bridgehead atoms. The van der Waals surface area contributed by atoms with Crippen LogP contribution in [0.4, 0.5) is 0 Å². The maximum absolute atomic E-state index is 12.9. The molecular formula is C21H23N3O2S. The van der Waals surface area contributed by atoms with Crippen LogP contribution in [0.15, 0.2) is 66.3 Å². The van der Waals surface area contributed by atoms with Gasteiger partial charge in [0.25, 0.3) is 5.91 Å². The monoisotopic (exact) mass is 381 g/mol. The molecule has 1 atom stereocenters. The van der Waals surface area contributed by atoms with Crippen molar-refractivity contribution in [1.82, 2.24) is 14.8 Å². The number of nitrogens with one attached hydrogen (secondary N) is 1. The smallest absolute Gasteiger partial charge is 0.263 e. The quantitative estimate of drug-likeness (QED) is 0.712. The van der Waals surface area contributed by atoms with Crippen LogP contribution in [-0.4, -0.2) is 48.2 Å². The van der Waals surface area contributed by atoms with Gasteiger partial charge in [-0.3, -0.25) is 9.69 Å². The van der Waals surface area contributed by atoms with E-state index in [9.17, 15) is 4.79 Å². The Morgan fingerprint density at radius 3 is 2.56 bits per heavy atom. The SMILES string of the molecule is O=C(NC[C@H](c1ccccc1)N1CCOCC1)c1sccc1-n1cccc1. The van der Waals surface area contributed by atoms with Gasteiger partial charge in [0.2, 0.25) is 0 Å². The van der Waals surface area contributed by atoms with Gasteiger partial charge in [-0.25, -0.2) is 0 Å². The van der Waals surface area contributed by atoms with Crippen LogP contribution < -0.4 is 5.32 Å². The summed E-state index contributed by atoms with van der Waals surface area (Å²) in [6.45, 7) is 3.80. The molecule has 1 N–H and O–H groups in total. The van der Waals surface area contributed by atoms with E-state index in [-0.39, 0.29) is 11.9 Å². The molecule has 1 aliphatic heterocycles. The highest BCUT2D eigenvalue weighted by molar-refractivity contribution is 7.12. The standard InChI is InChI=1S/C21H23N3O2S/c25-21(20-18(8-15-27-20)23-9-4-5-10-23)22-16-19(17-6-2-1-3-7-17)24-11-13-26-14-12-24/h1-10,15,19H,11-14,16H2,(H,22,25)/t19-/m1/s1. The highest BCUT2D eigenvalue weighted by Gasteiger charge is 2.24. The molecule has 1 aromatic carbocycles. The molecule has 0 unspecified atom stereocenters. The molecule has 5 nitrogen and oxygen atoms in total. The molecule has 3 aromatic rings. The highest BCUT2D eigenvalue weighted by atomic mass is 32.1. The van der Waals surface area contributed by atoms with Gasteiger partial charge in [-0.1, -0.05) is 30.3 Å². The zero-order chi connectivity index (χ0) is 18.5. The fourth-order valence-corrected chi connectivity index (χ4v) is 4.27. The fraction of sp³-hybridized carbons (Fsp3) is 0.286. The van der Waals surface area contributed by atoms with E-state index in [0.717, 1.165) is 36.9 Å². The van der Waals surface area contributed by atoms with Crippen molar-refractivity contribution in [3.63, 3.8) is 0 Å². The Kier molecular flexibility index (Phi) is 5.67. The number of hydrogen-bond donors (Lipinski definition) is 1. The topological polar surface area (TPSA) is 46.5 Å². The van der Waals surface area contributed by atoms with Crippen LogP contribution in [0.2, 0.25) is 0 Å². The Balaban J connectivity index is 1.49. The zero-order valence-corrected chi connectivity index (χ0v) is 15.9. The molecule has 6 heteroatoms. The summed E-state index contributed by atoms with van der Waals surface area (Å²) < 4.78 is 7.47. The van der Waals surface area contributed by atoms with Gasteiger partial charge in [0, 0.05) is 32.0 Å². The van der Waals surface area contributed by atoms with Crippen LogP contribution in [0.25, 0.3) is 5.69 Å². The maximum Gasteiger partial charge on any atom is 0.263 e. The van der Waals surface area contributed by atoms with Crippen molar-refractivity contribution in [2.45, 2.75) is 6.04 Å². The molecule has 4 rings (SSSR count). The van der Waals surface area contributed by atoms with E-state index < -0.39 is 0 Å². The summed E-state index contributed by atoms with van der Waals surface area (Å²) in [6, 6.07) is 16.4. The molecule has 1 aliphatic rings. The van der Waals surface area contributed by atoms with Crippen molar-refractivity contribution in [2.24, 2.45) is 0 Å². The first kappa shape index (κ1) is 18.0. The van der Waals surface area contributed by atoms with Crippen molar-refractivity contribution in [2.75, 3.05) is 32.8 Å². The van der Waals surface area contributed by atoms with Gasteiger partial charge in [0.05, 0.1) is 24.9 Å². The van der Waals surface area contributed by atoms with Crippen LogP contribution in [0.3, 0.4) is 0 Å². The van der Waals surface area contributed by atoms with E-state index in [1.807, 2.05) is 58.7 Å². The van der Waals surface area contributed by atoms with Crippen LogP contribution in [0.5, 0.6) is 0 Å². The summed E-state index contributed by atoms with van der Waals surface area (Å²) in [4.78, 5) is 16.0. The first-order chi connectivity index (χ1) is 13.3. The minimum atomic E-state index is -0.0251. The Bertz CT molecular complexity index is 855. The lowest BCUT2D eigenvalue weighted by atomic mass is 10.0. The van der Waals surface area contributed by atoms with Crippen molar-refractivity contribution < 1.29 is 9.53 Å². The van der Waals surface area contributed by atoms with Crippen LogP contribution >= 0.6 is 11.3 Å². The number of aromatic nitrogens is 1. The highest BCUT2D eigenvalue weighted by Crippen LogP contribution is 2.23. The first-order valence-electron chi connectivity index (χ1n) is 9.19. The molecule has 3 heterocycles. The summed E-state index contributed by atoms with van der Waals surface area (Å²) >= 11 is 1.47. The third-order valence-electron chi connectivity index (χ3n) is 4.86. The number of carbonyl (C=O) groups excluding carboxylic acids is 1. The second-order valence-electron chi connectivity index (χ2n) is 6.51. The van der Waals surface area contributed by atoms with Crippen LogP contribution in [0, 0.1) is 0 Å². The summed E-state index contributed by atoms with van der Waals surface area (Å²) in [5.41, 5.74) is 2.14. The number of rotatable bonds is 6.